The average Bonchev–Trinajstić information content (AvgIpc) is 2.84. The molecule has 0 aromatic heterocycles. The van der Waals surface area contributed by atoms with Gasteiger partial charge in [-0.1, -0.05) is 18.2 Å². The summed E-state index contributed by atoms with van der Waals surface area (Å²) in [5.74, 6) is 0.308. The van der Waals surface area contributed by atoms with Crippen molar-refractivity contribution in [3.63, 3.8) is 0 Å². The Morgan fingerprint density at radius 1 is 1.09 bits per heavy atom. The van der Waals surface area contributed by atoms with Crippen LogP contribution < -0.4 is 5.32 Å². The monoisotopic (exact) mass is 443 g/mol. The van der Waals surface area contributed by atoms with E-state index in [-0.39, 0.29) is 5.91 Å². The molecule has 3 rings (SSSR count). The number of likely N-dealkylation sites (tertiary alicyclic amines) is 1. The van der Waals surface area contributed by atoms with Crippen molar-refractivity contribution in [3.05, 3.63) is 64.7 Å². The maximum atomic E-state index is 13.1. The van der Waals surface area contributed by atoms with Crippen LogP contribution in [0.4, 0.5) is 10.5 Å². The molecule has 2 aromatic carbocycles. The molecular weight excluding hydrogens is 414 g/mol. The van der Waals surface area contributed by atoms with Gasteiger partial charge in [-0.15, -0.1) is 0 Å². The summed E-state index contributed by atoms with van der Waals surface area (Å²) in [4.78, 5) is 28.9. The third kappa shape index (κ3) is 5.32. The Bertz CT molecular complexity index is 1120. The van der Waals surface area contributed by atoms with Crippen molar-refractivity contribution in [2.45, 2.75) is 45.1 Å². The maximum absolute atomic E-state index is 13.1. The summed E-state index contributed by atoms with van der Waals surface area (Å²) < 4.78 is 0. The van der Waals surface area contributed by atoms with Crippen molar-refractivity contribution in [2.24, 2.45) is 0 Å². The molecule has 1 fully saturated rings. The van der Waals surface area contributed by atoms with E-state index in [0.717, 1.165) is 18.4 Å². The van der Waals surface area contributed by atoms with Crippen molar-refractivity contribution >= 4 is 17.6 Å². The fourth-order valence-corrected chi connectivity index (χ4v) is 3.85. The molecule has 1 heterocycles. The first kappa shape index (κ1) is 23.8. The molecule has 7 nitrogen and oxygen atoms in total. The fourth-order valence-electron chi connectivity index (χ4n) is 3.85. The van der Waals surface area contributed by atoms with Gasteiger partial charge in [0.25, 0.3) is 5.91 Å². The summed E-state index contributed by atoms with van der Waals surface area (Å²) in [5, 5.41) is 21.1. The first-order chi connectivity index (χ1) is 15.7. The van der Waals surface area contributed by atoms with Gasteiger partial charge in [0, 0.05) is 31.4 Å². The lowest BCUT2D eigenvalue weighted by molar-refractivity contribution is 0.0713. The molecule has 0 bridgehead atoms. The zero-order chi connectivity index (χ0) is 24.2. The fraction of sp³-hybridized carbons (Fsp3) is 0.385. The molecule has 1 saturated heterocycles. The Morgan fingerprint density at radius 3 is 2.30 bits per heavy atom. The second-order valence-electron chi connectivity index (χ2n) is 8.99. The van der Waals surface area contributed by atoms with Gasteiger partial charge in [0.1, 0.15) is 5.54 Å². The number of carbonyl (C=O) groups excluding carboxylic acids is 2. The molecule has 3 amide bonds. The molecule has 0 aliphatic carbocycles. The average molecular weight is 444 g/mol. The van der Waals surface area contributed by atoms with E-state index in [9.17, 15) is 14.9 Å². The number of nitrogens with zero attached hydrogens (tertiary/aromatic N) is 4. The molecule has 1 N–H and O–H groups in total. The minimum absolute atomic E-state index is 0.0607. The Hall–Kier alpha value is -3.84. The van der Waals surface area contributed by atoms with E-state index in [4.69, 9.17) is 5.26 Å². The number of amides is 3. The van der Waals surface area contributed by atoms with Gasteiger partial charge in [-0.3, -0.25) is 4.79 Å². The van der Waals surface area contributed by atoms with Crippen molar-refractivity contribution < 1.29 is 9.59 Å². The predicted octanol–water partition coefficient (Wildman–Crippen LogP) is 4.65. The smallest absolute Gasteiger partial charge is 0.322 e. The molecular formula is C26H29N5O2. The Morgan fingerprint density at radius 2 is 1.73 bits per heavy atom. The zero-order valence-corrected chi connectivity index (χ0v) is 19.6. The van der Waals surface area contributed by atoms with Crippen LogP contribution in [0.1, 0.15) is 59.7 Å². The van der Waals surface area contributed by atoms with Gasteiger partial charge < -0.3 is 15.1 Å². The van der Waals surface area contributed by atoms with E-state index in [2.05, 4.69) is 17.5 Å². The second-order valence-corrected chi connectivity index (χ2v) is 8.99. The molecule has 0 spiro atoms. The van der Waals surface area contributed by atoms with Crippen LogP contribution in [0.5, 0.6) is 0 Å². The van der Waals surface area contributed by atoms with E-state index in [0.29, 0.717) is 35.8 Å². The number of nitriles is 2. The van der Waals surface area contributed by atoms with Crippen LogP contribution in [0.15, 0.2) is 42.5 Å². The number of piperidine rings is 1. The highest BCUT2D eigenvalue weighted by molar-refractivity contribution is 5.97. The minimum Gasteiger partial charge on any atom is -0.339 e. The van der Waals surface area contributed by atoms with Crippen LogP contribution in [0.2, 0.25) is 0 Å². The topological polar surface area (TPSA) is 100 Å². The molecule has 0 unspecified atom stereocenters. The number of nitrogens with one attached hydrogen (secondary N) is 1. The van der Waals surface area contributed by atoms with Gasteiger partial charge in [0.2, 0.25) is 0 Å². The summed E-state index contributed by atoms with van der Waals surface area (Å²) in [6.07, 6.45) is 1.72. The van der Waals surface area contributed by atoms with Gasteiger partial charge in [-0.2, -0.15) is 10.5 Å². The largest absolute Gasteiger partial charge is 0.339 e. The third-order valence-electron chi connectivity index (χ3n) is 6.44. The van der Waals surface area contributed by atoms with Crippen LogP contribution >= 0.6 is 0 Å². The number of hydrogen-bond donors (Lipinski definition) is 1. The number of rotatable bonds is 4. The first-order valence-corrected chi connectivity index (χ1v) is 11.0. The van der Waals surface area contributed by atoms with Gasteiger partial charge >= 0.3 is 6.03 Å². The third-order valence-corrected chi connectivity index (χ3v) is 6.44. The zero-order valence-electron chi connectivity index (χ0n) is 19.6. The number of anilines is 1. The summed E-state index contributed by atoms with van der Waals surface area (Å²) >= 11 is 0. The maximum Gasteiger partial charge on any atom is 0.322 e. The molecule has 170 valence electrons. The van der Waals surface area contributed by atoms with Gasteiger partial charge in [0.15, 0.2) is 0 Å². The van der Waals surface area contributed by atoms with Gasteiger partial charge in [-0.25, -0.2) is 4.79 Å². The highest BCUT2D eigenvalue weighted by atomic mass is 16.2. The molecule has 0 atom stereocenters. The lowest BCUT2D eigenvalue weighted by Crippen LogP contribution is -2.46. The van der Waals surface area contributed by atoms with Crippen molar-refractivity contribution in [2.75, 3.05) is 25.5 Å². The SMILES string of the molecule is Cc1ccc(C(=O)N2CCC(c3ccc(C#N)cc3)CC2)cc1NC(=O)N(C)C(C)(C)C#N. The number of aryl methyl sites for hydroxylation is 1. The van der Waals surface area contributed by atoms with Crippen molar-refractivity contribution in [3.8, 4) is 12.1 Å². The quantitative estimate of drug-likeness (QED) is 0.743. The van der Waals surface area contributed by atoms with Crippen molar-refractivity contribution in [1.29, 1.82) is 10.5 Å². The highest BCUT2D eigenvalue weighted by Gasteiger charge is 2.28. The van der Waals surface area contributed by atoms with E-state index >= 15 is 0 Å². The van der Waals surface area contributed by atoms with E-state index in [1.165, 1.54) is 10.5 Å². The summed E-state index contributed by atoms with van der Waals surface area (Å²) in [5.41, 5.74) is 2.81. The molecule has 0 radical (unpaired) electrons. The lowest BCUT2D eigenvalue weighted by atomic mass is 9.89. The normalized spacial score (nSPS) is 14.2. The van der Waals surface area contributed by atoms with E-state index in [1.54, 1.807) is 33.0 Å². The Labute approximate surface area is 195 Å². The molecule has 1 aliphatic heterocycles. The van der Waals surface area contributed by atoms with Crippen LogP contribution in [0, 0.1) is 29.6 Å². The van der Waals surface area contributed by atoms with Crippen LogP contribution in [0.25, 0.3) is 0 Å². The number of hydrogen-bond acceptors (Lipinski definition) is 4. The Kier molecular flexibility index (Phi) is 7.04. The highest BCUT2D eigenvalue weighted by Crippen LogP contribution is 2.29. The number of benzene rings is 2. The van der Waals surface area contributed by atoms with Gasteiger partial charge in [-0.05, 0) is 74.9 Å². The standard InChI is InChI=1S/C26H29N5O2/c1-18-5-8-22(15-23(18)29-25(33)30(4)26(2,3)17-28)24(32)31-13-11-21(12-14-31)20-9-6-19(16-27)7-10-20/h5-10,15,21H,11-14H2,1-4H3,(H,29,33). The van der Waals surface area contributed by atoms with Crippen molar-refractivity contribution in [1.82, 2.24) is 9.80 Å². The minimum atomic E-state index is -0.954. The van der Waals surface area contributed by atoms with Crippen LogP contribution in [-0.4, -0.2) is 47.4 Å². The summed E-state index contributed by atoms with van der Waals surface area (Å²) in [7, 11) is 1.57. The van der Waals surface area contributed by atoms with Gasteiger partial charge in [0.05, 0.1) is 17.7 Å². The summed E-state index contributed by atoms with van der Waals surface area (Å²) in [6.45, 7) is 6.50. The first-order valence-electron chi connectivity index (χ1n) is 11.0. The van der Waals surface area contributed by atoms with E-state index < -0.39 is 11.6 Å². The van der Waals surface area contributed by atoms with Crippen LogP contribution in [0.3, 0.4) is 0 Å². The molecule has 1 aliphatic rings. The Balaban J connectivity index is 1.67. The second kappa shape index (κ2) is 9.75. The summed E-state index contributed by atoms with van der Waals surface area (Å²) in [6, 6.07) is 16.8. The number of carbonyl (C=O) groups is 2. The molecule has 7 heteroatoms. The lowest BCUT2D eigenvalue weighted by Gasteiger charge is -2.32. The number of urea groups is 1. The molecule has 2 aromatic rings. The molecule has 0 saturated carbocycles. The van der Waals surface area contributed by atoms with Crippen LogP contribution in [-0.2, 0) is 0 Å². The molecule has 33 heavy (non-hydrogen) atoms. The predicted molar refractivity (Wildman–Crippen MR) is 127 cm³/mol. The van der Waals surface area contributed by atoms with E-state index in [1.807, 2.05) is 42.2 Å².